The van der Waals surface area contributed by atoms with Crippen molar-refractivity contribution in [2.75, 3.05) is 0 Å². The Bertz CT molecular complexity index is 239. The van der Waals surface area contributed by atoms with Crippen molar-refractivity contribution in [2.24, 2.45) is 0 Å². The molecule has 0 unspecified atom stereocenters. The smallest absolute Gasteiger partial charge is 0.332 e. The molecule has 2 aliphatic rings. The summed E-state index contributed by atoms with van der Waals surface area (Å²) in [6, 6.07) is 0. The molecule has 2 nitrogen and oxygen atoms in total. The number of halogens is 1. The van der Waals surface area contributed by atoms with Crippen molar-refractivity contribution in [1.82, 2.24) is 0 Å². The Morgan fingerprint density at radius 2 is 2.00 bits per heavy atom. The maximum atomic E-state index is 11.0. The molecule has 0 aromatic carbocycles. The highest BCUT2D eigenvalue weighted by atomic mass is 127. The average Bonchev–Trinajstić information content (AvgIpc) is 2.29. The van der Waals surface area contributed by atoms with Crippen LogP contribution in [0.15, 0.2) is 9.66 Å². The summed E-state index contributed by atoms with van der Waals surface area (Å²) in [4.78, 5) is 11.0. The second-order valence-electron chi connectivity index (χ2n) is 3.47. The molecule has 0 radical (unpaired) electrons. The van der Waals surface area contributed by atoms with E-state index in [2.05, 4.69) is 22.6 Å². The van der Waals surface area contributed by atoms with Crippen LogP contribution in [0.1, 0.15) is 32.1 Å². The lowest BCUT2D eigenvalue weighted by Crippen LogP contribution is -2.32. The third kappa shape index (κ3) is 1.28. The minimum Gasteiger partial charge on any atom is -0.451 e. The molecule has 1 fully saturated rings. The van der Waals surface area contributed by atoms with Crippen LogP contribution >= 0.6 is 22.6 Å². The van der Waals surface area contributed by atoms with E-state index in [1.54, 1.807) is 6.08 Å². The van der Waals surface area contributed by atoms with Crippen molar-refractivity contribution in [3.05, 3.63) is 9.66 Å². The lowest BCUT2D eigenvalue weighted by Gasteiger charge is -2.32. The molecule has 0 aromatic heterocycles. The second kappa shape index (κ2) is 3.01. The molecule has 0 saturated heterocycles. The minimum atomic E-state index is -0.199. The number of ether oxygens (including phenoxy) is 1. The third-order valence-corrected chi connectivity index (χ3v) is 3.93. The summed E-state index contributed by atoms with van der Waals surface area (Å²) in [5.74, 6) is -0.152. The topological polar surface area (TPSA) is 26.3 Å². The van der Waals surface area contributed by atoms with Crippen LogP contribution in [0, 0.1) is 0 Å². The molecule has 0 atom stereocenters. The molecule has 12 heavy (non-hydrogen) atoms. The number of rotatable bonds is 0. The summed E-state index contributed by atoms with van der Waals surface area (Å²) in [6.45, 7) is 0. The summed E-state index contributed by atoms with van der Waals surface area (Å²) in [6.07, 6.45) is 7.33. The van der Waals surface area contributed by atoms with Gasteiger partial charge >= 0.3 is 5.97 Å². The first kappa shape index (κ1) is 8.53. The first-order valence-electron chi connectivity index (χ1n) is 4.34. The van der Waals surface area contributed by atoms with Gasteiger partial charge in [-0.3, -0.25) is 0 Å². The minimum absolute atomic E-state index is 0.152. The van der Waals surface area contributed by atoms with E-state index >= 15 is 0 Å². The number of esters is 1. The maximum absolute atomic E-state index is 11.0. The van der Waals surface area contributed by atoms with Gasteiger partial charge in [0.1, 0.15) is 5.60 Å². The van der Waals surface area contributed by atoms with E-state index in [1.165, 1.54) is 19.3 Å². The highest BCUT2D eigenvalue weighted by Gasteiger charge is 2.42. The van der Waals surface area contributed by atoms with Crippen LogP contribution in [-0.4, -0.2) is 11.6 Å². The van der Waals surface area contributed by atoms with Gasteiger partial charge in [-0.05, 0) is 48.3 Å². The Balaban J connectivity index is 2.21. The number of carbonyl (C=O) groups is 1. The van der Waals surface area contributed by atoms with Crippen LogP contribution in [0.25, 0.3) is 0 Å². The molecular weight excluding hydrogens is 267 g/mol. The van der Waals surface area contributed by atoms with Crippen molar-refractivity contribution in [3.8, 4) is 0 Å². The van der Waals surface area contributed by atoms with E-state index in [0.29, 0.717) is 0 Å². The molecule has 0 N–H and O–H groups in total. The highest BCUT2D eigenvalue weighted by molar-refractivity contribution is 14.1. The monoisotopic (exact) mass is 278 g/mol. The van der Waals surface area contributed by atoms with Gasteiger partial charge in [0.25, 0.3) is 0 Å². The fourth-order valence-electron chi connectivity index (χ4n) is 1.97. The van der Waals surface area contributed by atoms with Crippen molar-refractivity contribution >= 4 is 28.6 Å². The predicted molar refractivity (Wildman–Crippen MR) is 54.0 cm³/mol. The van der Waals surface area contributed by atoms with Crippen LogP contribution in [0.5, 0.6) is 0 Å². The summed E-state index contributed by atoms with van der Waals surface area (Å²) in [7, 11) is 0. The Morgan fingerprint density at radius 3 is 2.50 bits per heavy atom. The first-order valence-corrected chi connectivity index (χ1v) is 5.41. The van der Waals surface area contributed by atoms with Crippen molar-refractivity contribution in [2.45, 2.75) is 37.7 Å². The van der Waals surface area contributed by atoms with E-state index in [4.69, 9.17) is 4.74 Å². The summed E-state index contributed by atoms with van der Waals surface area (Å²) in [5.41, 5.74) is -0.199. The zero-order valence-corrected chi connectivity index (χ0v) is 8.96. The molecule has 0 amide bonds. The fraction of sp³-hybridized carbons (Fsp3) is 0.667. The molecule has 66 valence electrons. The van der Waals surface area contributed by atoms with Crippen LogP contribution in [0.4, 0.5) is 0 Å². The lowest BCUT2D eigenvalue weighted by atomic mass is 9.85. The Morgan fingerprint density at radius 1 is 1.33 bits per heavy atom. The van der Waals surface area contributed by atoms with E-state index in [1.807, 2.05) is 0 Å². The largest absolute Gasteiger partial charge is 0.451 e. The van der Waals surface area contributed by atoms with E-state index in [0.717, 1.165) is 16.4 Å². The van der Waals surface area contributed by atoms with Gasteiger partial charge in [0.15, 0.2) is 0 Å². The molecule has 0 bridgehead atoms. The number of carbonyl (C=O) groups excluding carboxylic acids is 1. The third-order valence-electron chi connectivity index (χ3n) is 2.64. The molecular formula is C9H11IO2. The molecule has 1 spiro atoms. The van der Waals surface area contributed by atoms with E-state index in [9.17, 15) is 4.79 Å². The molecule has 1 saturated carbocycles. The standard InChI is InChI=1S/C9H11IO2/c10-7-6-8(11)12-9(7)4-2-1-3-5-9/h6H,1-5H2. The Hall–Kier alpha value is -0.0600. The fourth-order valence-corrected chi connectivity index (χ4v) is 2.87. The van der Waals surface area contributed by atoms with Crippen molar-refractivity contribution < 1.29 is 9.53 Å². The van der Waals surface area contributed by atoms with Gasteiger partial charge in [0.2, 0.25) is 0 Å². The first-order chi connectivity index (χ1) is 5.73. The number of hydrogen-bond donors (Lipinski definition) is 0. The quantitative estimate of drug-likeness (QED) is 0.503. The zero-order valence-electron chi connectivity index (χ0n) is 6.81. The van der Waals surface area contributed by atoms with Gasteiger partial charge in [0.05, 0.1) is 0 Å². The summed E-state index contributed by atoms with van der Waals surface area (Å²) >= 11 is 2.23. The Kier molecular flexibility index (Phi) is 2.14. The van der Waals surface area contributed by atoms with Gasteiger partial charge in [-0.15, -0.1) is 0 Å². The lowest BCUT2D eigenvalue weighted by molar-refractivity contribution is -0.147. The van der Waals surface area contributed by atoms with Crippen LogP contribution in [0.3, 0.4) is 0 Å². The highest BCUT2D eigenvalue weighted by Crippen LogP contribution is 2.43. The normalized spacial score (nSPS) is 27.1. The van der Waals surface area contributed by atoms with Crippen LogP contribution in [-0.2, 0) is 9.53 Å². The van der Waals surface area contributed by atoms with Gasteiger partial charge in [-0.1, -0.05) is 6.42 Å². The van der Waals surface area contributed by atoms with Gasteiger partial charge < -0.3 is 4.74 Å². The van der Waals surface area contributed by atoms with Gasteiger partial charge in [-0.25, -0.2) is 4.79 Å². The van der Waals surface area contributed by atoms with Crippen molar-refractivity contribution in [1.29, 1.82) is 0 Å². The average molecular weight is 278 g/mol. The molecule has 2 rings (SSSR count). The molecule has 0 aromatic rings. The zero-order chi connectivity index (χ0) is 8.60. The summed E-state index contributed by atoms with van der Waals surface area (Å²) in [5, 5.41) is 0. The summed E-state index contributed by atoms with van der Waals surface area (Å²) < 4.78 is 6.46. The predicted octanol–water partition coefficient (Wildman–Crippen LogP) is 2.57. The SMILES string of the molecule is O=C1C=C(I)C2(CCCCC2)O1. The number of hydrogen-bond acceptors (Lipinski definition) is 2. The Labute approximate surface area is 85.5 Å². The van der Waals surface area contributed by atoms with Crippen LogP contribution in [0.2, 0.25) is 0 Å². The van der Waals surface area contributed by atoms with Crippen molar-refractivity contribution in [3.63, 3.8) is 0 Å². The molecule has 1 heterocycles. The second-order valence-corrected chi connectivity index (χ2v) is 4.63. The van der Waals surface area contributed by atoms with Gasteiger partial charge in [-0.2, -0.15) is 0 Å². The van der Waals surface area contributed by atoms with Crippen LogP contribution < -0.4 is 0 Å². The van der Waals surface area contributed by atoms with E-state index in [-0.39, 0.29) is 11.6 Å². The molecule has 3 heteroatoms. The van der Waals surface area contributed by atoms with Gasteiger partial charge in [0, 0.05) is 9.66 Å². The molecule has 1 aliphatic carbocycles. The maximum Gasteiger partial charge on any atom is 0.332 e. The van der Waals surface area contributed by atoms with E-state index < -0.39 is 0 Å². The molecule has 1 aliphatic heterocycles.